The average molecular weight is 495 g/mol. The predicted octanol–water partition coefficient (Wildman–Crippen LogP) is 2.00. The maximum atomic E-state index is 13.5. The van der Waals surface area contributed by atoms with E-state index >= 15 is 0 Å². The summed E-state index contributed by atoms with van der Waals surface area (Å²) in [6.45, 7) is 3.18. The van der Waals surface area contributed by atoms with Crippen LogP contribution in [0.5, 0.6) is 5.75 Å². The first-order valence-electron chi connectivity index (χ1n) is 10.7. The number of nitrogens with one attached hydrogen (secondary N) is 1. The highest BCUT2D eigenvalue weighted by Crippen LogP contribution is 2.22. The third-order valence-corrected chi connectivity index (χ3v) is 6.96. The van der Waals surface area contributed by atoms with E-state index in [2.05, 4.69) is 5.32 Å². The van der Waals surface area contributed by atoms with Crippen molar-refractivity contribution in [1.82, 2.24) is 14.5 Å². The fraction of sp³-hybridized carbons (Fsp3) is 0.391. The van der Waals surface area contributed by atoms with Gasteiger partial charge in [0, 0.05) is 27.2 Å². The summed E-state index contributed by atoms with van der Waals surface area (Å²) < 4.78 is 46.6. The van der Waals surface area contributed by atoms with Crippen LogP contribution in [0, 0.1) is 5.82 Å². The minimum atomic E-state index is -4.10. The molecule has 0 saturated heterocycles. The number of hydrogen-bond acceptors (Lipinski definition) is 5. The summed E-state index contributed by atoms with van der Waals surface area (Å²) in [7, 11) is 0.0928. The first kappa shape index (κ1) is 27.1. The van der Waals surface area contributed by atoms with Gasteiger partial charge >= 0.3 is 10.2 Å². The summed E-state index contributed by atoms with van der Waals surface area (Å²) in [6.07, 6.45) is 0. The number of ether oxygens (including phenoxy) is 1. The molecule has 2 aromatic carbocycles. The molecule has 186 valence electrons. The van der Waals surface area contributed by atoms with Crippen molar-refractivity contribution in [2.45, 2.75) is 26.4 Å². The Balaban J connectivity index is 2.45. The lowest BCUT2D eigenvalue weighted by Gasteiger charge is -2.32. The quantitative estimate of drug-likeness (QED) is 0.515. The smallest absolute Gasteiger partial charge is 0.304 e. The molecule has 0 spiro atoms. The first-order valence-corrected chi connectivity index (χ1v) is 12.1. The molecule has 2 aromatic rings. The van der Waals surface area contributed by atoms with E-state index in [1.165, 1.54) is 38.2 Å². The van der Waals surface area contributed by atoms with Gasteiger partial charge in [0.1, 0.15) is 24.2 Å². The Hall–Kier alpha value is -3.18. The van der Waals surface area contributed by atoms with Crippen molar-refractivity contribution in [3.05, 3.63) is 59.9 Å². The Morgan fingerprint density at radius 3 is 2.32 bits per heavy atom. The van der Waals surface area contributed by atoms with Crippen LogP contribution in [0.1, 0.15) is 19.4 Å². The lowest BCUT2D eigenvalue weighted by Crippen LogP contribution is -2.52. The van der Waals surface area contributed by atoms with Crippen molar-refractivity contribution >= 4 is 27.7 Å². The van der Waals surface area contributed by atoms with Crippen LogP contribution in [0.2, 0.25) is 0 Å². The summed E-state index contributed by atoms with van der Waals surface area (Å²) in [5, 5.41) is 2.69. The van der Waals surface area contributed by atoms with Crippen LogP contribution in [-0.2, 0) is 26.3 Å². The summed E-state index contributed by atoms with van der Waals surface area (Å²) in [5.41, 5.74) is 0.822. The zero-order chi connectivity index (χ0) is 25.5. The zero-order valence-electron chi connectivity index (χ0n) is 20.0. The molecular formula is C23H31FN4O5S. The van der Waals surface area contributed by atoms with E-state index in [-0.39, 0.29) is 18.1 Å². The molecule has 0 aliphatic carbocycles. The number of anilines is 1. The summed E-state index contributed by atoms with van der Waals surface area (Å²) in [4.78, 5) is 27.4. The van der Waals surface area contributed by atoms with Crippen LogP contribution >= 0.6 is 0 Å². The van der Waals surface area contributed by atoms with E-state index in [0.717, 1.165) is 20.7 Å². The van der Waals surface area contributed by atoms with E-state index in [4.69, 9.17) is 4.74 Å². The molecule has 0 unspecified atom stereocenters. The number of halogens is 1. The molecule has 0 aliphatic rings. The van der Waals surface area contributed by atoms with E-state index in [9.17, 15) is 22.4 Å². The monoisotopic (exact) mass is 494 g/mol. The fourth-order valence-corrected chi connectivity index (χ4v) is 4.25. The van der Waals surface area contributed by atoms with Crippen molar-refractivity contribution in [1.29, 1.82) is 0 Å². The van der Waals surface area contributed by atoms with Gasteiger partial charge in [-0.1, -0.05) is 12.1 Å². The maximum absolute atomic E-state index is 13.5. The van der Waals surface area contributed by atoms with E-state index in [1.54, 1.807) is 38.1 Å². The van der Waals surface area contributed by atoms with Crippen molar-refractivity contribution in [2.75, 3.05) is 38.6 Å². The van der Waals surface area contributed by atoms with Crippen molar-refractivity contribution < 1.29 is 27.1 Å². The van der Waals surface area contributed by atoms with Crippen molar-refractivity contribution in [3.8, 4) is 5.75 Å². The molecule has 2 amide bonds. The molecular weight excluding hydrogens is 463 g/mol. The maximum Gasteiger partial charge on any atom is 0.304 e. The number of carbonyl (C=O) groups is 2. The Bertz CT molecular complexity index is 1090. The van der Waals surface area contributed by atoms with Crippen molar-refractivity contribution in [2.24, 2.45) is 0 Å². The molecule has 9 nitrogen and oxygen atoms in total. The van der Waals surface area contributed by atoms with Gasteiger partial charge in [-0.2, -0.15) is 12.7 Å². The number of benzene rings is 2. The zero-order valence-corrected chi connectivity index (χ0v) is 20.8. The van der Waals surface area contributed by atoms with Gasteiger partial charge in [-0.15, -0.1) is 0 Å². The third kappa shape index (κ3) is 6.67. The first-order chi connectivity index (χ1) is 16.0. The molecule has 2 rings (SSSR count). The molecule has 0 heterocycles. The number of rotatable bonds is 11. The molecule has 11 heteroatoms. The number of methoxy groups -OCH3 is 1. The molecule has 0 radical (unpaired) electrons. The number of amides is 2. The molecule has 0 aliphatic heterocycles. The molecule has 0 saturated carbocycles. The van der Waals surface area contributed by atoms with Gasteiger partial charge in [-0.25, -0.2) is 8.70 Å². The topological polar surface area (TPSA) is 99.3 Å². The number of likely N-dealkylation sites (N-methyl/N-ethyl adjacent to an activating group) is 1. The predicted molar refractivity (Wildman–Crippen MR) is 128 cm³/mol. The van der Waals surface area contributed by atoms with E-state index in [0.29, 0.717) is 17.9 Å². The van der Waals surface area contributed by atoms with Gasteiger partial charge in [0.15, 0.2) is 0 Å². The largest absolute Gasteiger partial charge is 0.497 e. The Labute approximate surface area is 200 Å². The number of hydrogen-bond donors (Lipinski definition) is 1. The summed E-state index contributed by atoms with van der Waals surface area (Å²) in [6, 6.07) is 10.9. The van der Waals surface area contributed by atoms with Crippen LogP contribution in [0.4, 0.5) is 10.1 Å². The van der Waals surface area contributed by atoms with Gasteiger partial charge in [0.25, 0.3) is 0 Å². The lowest BCUT2D eigenvalue weighted by atomic mass is 10.1. The van der Waals surface area contributed by atoms with Crippen LogP contribution in [0.3, 0.4) is 0 Å². The minimum Gasteiger partial charge on any atom is -0.497 e. The Kier molecular flexibility index (Phi) is 9.39. The van der Waals surface area contributed by atoms with E-state index < -0.39 is 34.5 Å². The summed E-state index contributed by atoms with van der Waals surface area (Å²) >= 11 is 0. The molecule has 1 N–H and O–H groups in total. The summed E-state index contributed by atoms with van der Waals surface area (Å²) in [5.74, 6) is -0.931. The van der Waals surface area contributed by atoms with Gasteiger partial charge in [-0.3, -0.25) is 9.59 Å². The van der Waals surface area contributed by atoms with Crippen LogP contribution in [0.15, 0.2) is 48.5 Å². The highest BCUT2D eigenvalue weighted by molar-refractivity contribution is 7.90. The minimum absolute atomic E-state index is 0.0492. The van der Waals surface area contributed by atoms with Gasteiger partial charge < -0.3 is 15.0 Å². The standard InChI is InChI=1S/C23H31FN4O5S/c1-6-25-23(30)17(2)27(15-18-8-7-9-21(14-18)33-5)22(29)16-28(34(31,32)26(3)4)20-12-10-19(24)11-13-20/h7-14,17H,6,15-16H2,1-5H3,(H,25,30)/t17-/m0/s1. The van der Waals surface area contributed by atoms with Gasteiger partial charge in [0.05, 0.1) is 12.8 Å². The van der Waals surface area contributed by atoms with Crippen molar-refractivity contribution in [3.63, 3.8) is 0 Å². The van der Waals surface area contributed by atoms with Crippen LogP contribution in [0.25, 0.3) is 0 Å². The second-order valence-electron chi connectivity index (χ2n) is 7.72. The number of carbonyl (C=O) groups excluding carboxylic acids is 2. The molecule has 0 aromatic heterocycles. The molecule has 0 fully saturated rings. The molecule has 34 heavy (non-hydrogen) atoms. The highest BCUT2D eigenvalue weighted by atomic mass is 32.2. The van der Waals surface area contributed by atoms with Gasteiger partial charge in [-0.05, 0) is 55.8 Å². The Morgan fingerprint density at radius 1 is 1.12 bits per heavy atom. The van der Waals surface area contributed by atoms with Crippen LogP contribution < -0.4 is 14.4 Å². The number of nitrogens with zero attached hydrogens (tertiary/aromatic N) is 3. The second kappa shape index (κ2) is 11.8. The van der Waals surface area contributed by atoms with Gasteiger partial charge in [0.2, 0.25) is 11.8 Å². The third-order valence-electron chi connectivity index (χ3n) is 5.14. The van der Waals surface area contributed by atoms with E-state index in [1.807, 2.05) is 0 Å². The fourth-order valence-electron chi connectivity index (χ4n) is 3.20. The average Bonchev–Trinajstić information content (AvgIpc) is 2.81. The molecule has 1 atom stereocenters. The highest BCUT2D eigenvalue weighted by Gasteiger charge is 2.32. The lowest BCUT2D eigenvalue weighted by molar-refractivity contribution is -0.139. The second-order valence-corrected chi connectivity index (χ2v) is 9.78. The SMILES string of the molecule is CCNC(=O)[C@H](C)N(Cc1cccc(OC)c1)C(=O)CN(c1ccc(F)cc1)S(=O)(=O)N(C)C. The normalized spacial score (nSPS) is 12.2. The van der Waals surface area contributed by atoms with Crippen LogP contribution in [-0.4, -0.2) is 69.8 Å². The molecule has 0 bridgehead atoms. The Morgan fingerprint density at radius 2 is 1.76 bits per heavy atom.